The van der Waals surface area contributed by atoms with Gasteiger partial charge in [-0.2, -0.15) is 4.98 Å². The van der Waals surface area contributed by atoms with Crippen LogP contribution >= 0.6 is 0 Å². The van der Waals surface area contributed by atoms with Gasteiger partial charge in [-0.25, -0.2) is 4.39 Å². The predicted octanol–water partition coefficient (Wildman–Crippen LogP) is 4.34. The Morgan fingerprint density at radius 1 is 1.17 bits per heavy atom. The lowest BCUT2D eigenvalue weighted by atomic mass is 10.0. The van der Waals surface area contributed by atoms with E-state index in [0.717, 1.165) is 37.2 Å². The Hall–Kier alpha value is -3.22. The number of aromatic nitrogens is 2. The Kier molecular flexibility index (Phi) is 5.29. The van der Waals surface area contributed by atoms with E-state index < -0.39 is 0 Å². The van der Waals surface area contributed by atoms with Crippen molar-refractivity contribution in [1.29, 1.82) is 0 Å². The van der Waals surface area contributed by atoms with E-state index in [1.54, 1.807) is 19.1 Å². The van der Waals surface area contributed by atoms with Crippen molar-refractivity contribution in [2.24, 2.45) is 0 Å². The Morgan fingerprint density at radius 3 is 2.72 bits per heavy atom. The number of carbonyl (C=O) groups is 1. The highest BCUT2D eigenvalue weighted by Crippen LogP contribution is 2.25. The molecule has 29 heavy (non-hydrogen) atoms. The van der Waals surface area contributed by atoms with E-state index in [0.29, 0.717) is 28.4 Å². The van der Waals surface area contributed by atoms with E-state index in [1.807, 2.05) is 30.0 Å². The van der Waals surface area contributed by atoms with Crippen LogP contribution in [0.3, 0.4) is 0 Å². The maximum Gasteiger partial charge on any atom is 0.256 e. The molecule has 0 bridgehead atoms. The fraction of sp³-hybridized carbons (Fsp3) is 0.318. The lowest BCUT2D eigenvalue weighted by molar-refractivity contribution is 0.0793. The number of nitrogens with one attached hydrogen (secondary N) is 1. The number of amides is 1. The Morgan fingerprint density at radius 2 is 1.97 bits per heavy atom. The van der Waals surface area contributed by atoms with Crippen molar-refractivity contribution in [3.63, 3.8) is 0 Å². The van der Waals surface area contributed by atoms with Crippen LogP contribution in [0.2, 0.25) is 0 Å². The maximum absolute atomic E-state index is 13.8. The fourth-order valence-corrected chi connectivity index (χ4v) is 3.52. The number of benzene rings is 2. The molecule has 3 aromatic rings. The van der Waals surface area contributed by atoms with Gasteiger partial charge >= 0.3 is 0 Å². The summed E-state index contributed by atoms with van der Waals surface area (Å²) in [6, 6.07) is 10.6. The second-order valence-electron chi connectivity index (χ2n) is 7.33. The van der Waals surface area contributed by atoms with Crippen molar-refractivity contribution < 1.29 is 13.7 Å². The van der Waals surface area contributed by atoms with Crippen LogP contribution < -0.4 is 5.32 Å². The topological polar surface area (TPSA) is 71.3 Å². The summed E-state index contributed by atoms with van der Waals surface area (Å²) in [6.45, 7) is 5.50. The highest BCUT2D eigenvalue weighted by Gasteiger charge is 2.23. The average Bonchev–Trinajstić information content (AvgIpc) is 3.40. The Bertz CT molecular complexity index is 1040. The molecule has 0 spiro atoms. The monoisotopic (exact) mass is 394 g/mol. The van der Waals surface area contributed by atoms with E-state index >= 15 is 0 Å². The quantitative estimate of drug-likeness (QED) is 0.697. The summed E-state index contributed by atoms with van der Waals surface area (Å²) in [4.78, 5) is 19.2. The summed E-state index contributed by atoms with van der Waals surface area (Å²) >= 11 is 0. The van der Waals surface area contributed by atoms with Gasteiger partial charge in [-0.05, 0) is 49.9 Å². The van der Waals surface area contributed by atoms with Crippen LogP contribution in [0.5, 0.6) is 0 Å². The number of likely N-dealkylation sites (tertiary alicyclic amines) is 1. The third kappa shape index (κ3) is 3.99. The van der Waals surface area contributed by atoms with E-state index in [9.17, 15) is 9.18 Å². The summed E-state index contributed by atoms with van der Waals surface area (Å²) in [5, 5.41) is 7.18. The number of nitrogens with zero attached hydrogens (tertiary/aromatic N) is 3. The van der Waals surface area contributed by atoms with Crippen LogP contribution in [-0.4, -0.2) is 34.0 Å². The summed E-state index contributed by atoms with van der Waals surface area (Å²) < 4.78 is 19.1. The van der Waals surface area contributed by atoms with E-state index in [-0.39, 0.29) is 18.3 Å². The molecule has 1 saturated heterocycles. The van der Waals surface area contributed by atoms with Gasteiger partial charge in [-0.3, -0.25) is 4.79 Å². The number of anilines is 1. The third-order valence-electron chi connectivity index (χ3n) is 5.21. The van der Waals surface area contributed by atoms with Gasteiger partial charge in [0.2, 0.25) is 11.7 Å². The van der Waals surface area contributed by atoms with Crippen molar-refractivity contribution in [3.05, 3.63) is 64.8 Å². The first kappa shape index (κ1) is 19.1. The van der Waals surface area contributed by atoms with E-state index in [1.165, 1.54) is 6.07 Å². The molecule has 1 N–H and O–H groups in total. The second-order valence-corrected chi connectivity index (χ2v) is 7.33. The largest absolute Gasteiger partial charge is 0.375 e. The highest BCUT2D eigenvalue weighted by molar-refractivity contribution is 6.01. The minimum Gasteiger partial charge on any atom is -0.375 e. The molecule has 6 nitrogen and oxygen atoms in total. The van der Waals surface area contributed by atoms with Gasteiger partial charge in [0.1, 0.15) is 5.82 Å². The molecule has 0 aliphatic carbocycles. The molecule has 1 aromatic heterocycles. The van der Waals surface area contributed by atoms with Crippen LogP contribution in [0, 0.1) is 19.7 Å². The van der Waals surface area contributed by atoms with Crippen LogP contribution in [0.25, 0.3) is 11.4 Å². The summed E-state index contributed by atoms with van der Waals surface area (Å²) in [5.74, 6) is 0.432. The molecule has 2 heterocycles. The zero-order chi connectivity index (χ0) is 20.4. The van der Waals surface area contributed by atoms with Crippen LogP contribution in [0.15, 0.2) is 40.9 Å². The van der Waals surface area contributed by atoms with Crippen molar-refractivity contribution in [1.82, 2.24) is 15.0 Å². The Balaban J connectivity index is 1.51. The zero-order valence-corrected chi connectivity index (χ0v) is 16.5. The zero-order valence-electron chi connectivity index (χ0n) is 16.5. The van der Waals surface area contributed by atoms with Gasteiger partial charge in [-0.1, -0.05) is 29.4 Å². The minimum absolute atomic E-state index is 0.0458. The van der Waals surface area contributed by atoms with Crippen molar-refractivity contribution >= 4 is 11.6 Å². The predicted molar refractivity (Wildman–Crippen MR) is 108 cm³/mol. The first-order chi connectivity index (χ1) is 14.0. The van der Waals surface area contributed by atoms with Gasteiger partial charge in [0.15, 0.2) is 0 Å². The van der Waals surface area contributed by atoms with Crippen molar-refractivity contribution in [2.75, 3.05) is 18.4 Å². The number of carbonyl (C=O) groups excluding carboxylic acids is 1. The minimum atomic E-state index is -0.309. The number of rotatable bonds is 5. The highest BCUT2D eigenvalue weighted by atomic mass is 19.1. The molecular formula is C22H23FN4O2. The lowest BCUT2D eigenvalue weighted by Crippen LogP contribution is -2.29. The average molecular weight is 394 g/mol. The molecule has 2 aromatic carbocycles. The summed E-state index contributed by atoms with van der Waals surface area (Å²) in [7, 11) is 0. The first-order valence-electron chi connectivity index (χ1n) is 9.75. The van der Waals surface area contributed by atoms with Gasteiger partial charge in [0, 0.05) is 24.3 Å². The molecule has 4 rings (SSSR count). The SMILES string of the molecule is Cc1ccc(-c2noc(CNc3cccc(C)c3C(=O)N3CCCC3)n2)cc1F. The fourth-order valence-electron chi connectivity index (χ4n) is 3.52. The van der Waals surface area contributed by atoms with Crippen molar-refractivity contribution in [2.45, 2.75) is 33.2 Å². The van der Waals surface area contributed by atoms with Gasteiger partial charge in [0.05, 0.1) is 12.1 Å². The molecule has 7 heteroatoms. The second kappa shape index (κ2) is 8.03. The third-order valence-corrected chi connectivity index (χ3v) is 5.21. The number of halogens is 1. The van der Waals surface area contributed by atoms with Gasteiger partial charge < -0.3 is 14.7 Å². The van der Waals surface area contributed by atoms with Crippen molar-refractivity contribution in [3.8, 4) is 11.4 Å². The van der Waals surface area contributed by atoms with Crippen LogP contribution in [0.1, 0.15) is 40.2 Å². The molecule has 0 unspecified atom stereocenters. The molecule has 0 radical (unpaired) electrons. The standard InChI is InChI=1S/C22H23FN4O2/c1-14-8-9-16(12-17(14)23)21-25-19(29-26-21)13-24-18-7-5-6-15(2)20(18)22(28)27-10-3-4-11-27/h5-9,12,24H,3-4,10-11,13H2,1-2H3. The first-order valence-corrected chi connectivity index (χ1v) is 9.75. The Labute approximate surface area is 168 Å². The summed E-state index contributed by atoms with van der Waals surface area (Å²) in [5.41, 5.74) is 3.46. The van der Waals surface area contributed by atoms with Gasteiger partial charge in [0.25, 0.3) is 5.91 Å². The molecule has 150 valence electrons. The number of hydrogen-bond acceptors (Lipinski definition) is 5. The molecule has 1 aliphatic heterocycles. The molecule has 1 aliphatic rings. The number of aryl methyl sites for hydroxylation is 2. The lowest BCUT2D eigenvalue weighted by Gasteiger charge is -2.19. The van der Waals surface area contributed by atoms with Gasteiger partial charge in [-0.15, -0.1) is 0 Å². The molecule has 0 saturated carbocycles. The smallest absolute Gasteiger partial charge is 0.256 e. The normalized spacial score (nSPS) is 13.7. The van der Waals surface area contributed by atoms with Crippen LogP contribution in [0.4, 0.5) is 10.1 Å². The molecular weight excluding hydrogens is 371 g/mol. The van der Waals surface area contributed by atoms with E-state index in [4.69, 9.17) is 4.52 Å². The maximum atomic E-state index is 13.8. The van der Waals surface area contributed by atoms with Crippen LogP contribution in [-0.2, 0) is 6.54 Å². The molecule has 0 atom stereocenters. The molecule has 1 fully saturated rings. The summed E-state index contributed by atoms with van der Waals surface area (Å²) in [6.07, 6.45) is 2.09. The molecule has 1 amide bonds. The number of hydrogen-bond donors (Lipinski definition) is 1. The van der Waals surface area contributed by atoms with E-state index in [2.05, 4.69) is 15.5 Å².